The molecule has 1 aliphatic rings. The number of hydrogen-bond acceptors (Lipinski definition) is 2. The zero-order valence-corrected chi connectivity index (χ0v) is 11.5. The molecule has 100 valence electrons. The van der Waals surface area contributed by atoms with Gasteiger partial charge in [0.25, 0.3) is 0 Å². The van der Waals surface area contributed by atoms with Gasteiger partial charge < -0.3 is 15.1 Å². The van der Waals surface area contributed by atoms with E-state index >= 15 is 0 Å². The lowest BCUT2D eigenvalue weighted by Crippen LogP contribution is -2.38. The zero-order chi connectivity index (χ0) is 13.0. The molecule has 2 rings (SSSR count). The first kappa shape index (κ1) is 13.0. The molecule has 0 bridgehead atoms. The topological polar surface area (TPSA) is 49.6 Å². The fourth-order valence-electron chi connectivity index (χ4n) is 1.91. The number of nitrogens with one attached hydrogen (secondary N) is 2. The molecule has 4 heteroatoms. The molecule has 0 spiro atoms. The molecule has 0 atom stereocenters. The standard InChI is InChI=1S/C14H23N3O/c1-4-15-14(16-8-12-5-6-12)17-9-13-7-10(2)18-11(13)3/h7,12H,4-6,8-9H2,1-3H3,(H2,15,16,17). The summed E-state index contributed by atoms with van der Waals surface area (Å²) in [7, 11) is 0. The summed E-state index contributed by atoms with van der Waals surface area (Å²) in [4.78, 5) is 4.59. The van der Waals surface area contributed by atoms with Crippen molar-refractivity contribution in [3.8, 4) is 0 Å². The van der Waals surface area contributed by atoms with E-state index in [0.29, 0.717) is 6.54 Å². The maximum atomic E-state index is 5.50. The van der Waals surface area contributed by atoms with Crippen molar-refractivity contribution in [3.63, 3.8) is 0 Å². The molecular weight excluding hydrogens is 226 g/mol. The Balaban J connectivity index is 1.91. The average Bonchev–Trinajstić information content (AvgIpc) is 3.09. The predicted molar refractivity (Wildman–Crippen MR) is 73.7 cm³/mol. The lowest BCUT2D eigenvalue weighted by molar-refractivity contribution is 0.501. The average molecular weight is 249 g/mol. The second-order valence-electron chi connectivity index (χ2n) is 4.96. The van der Waals surface area contributed by atoms with Crippen LogP contribution in [0.1, 0.15) is 36.8 Å². The first-order chi connectivity index (χ1) is 8.69. The number of aryl methyl sites for hydroxylation is 2. The number of furan rings is 1. The SMILES string of the molecule is CCNC(=NCc1cc(C)oc1C)NCC1CC1. The van der Waals surface area contributed by atoms with Gasteiger partial charge in [-0.25, -0.2) is 4.99 Å². The van der Waals surface area contributed by atoms with Crippen LogP contribution in [0.2, 0.25) is 0 Å². The Morgan fingerprint density at radius 3 is 2.72 bits per heavy atom. The third kappa shape index (κ3) is 3.79. The lowest BCUT2D eigenvalue weighted by atomic mass is 10.2. The van der Waals surface area contributed by atoms with E-state index in [1.54, 1.807) is 0 Å². The van der Waals surface area contributed by atoms with E-state index in [2.05, 4.69) is 28.6 Å². The highest BCUT2D eigenvalue weighted by Crippen LogP contribution is 2.27. The van der Waals surface area contributed by atoms with Gasteiger partial charge in [-0.15, -0.1) is 0 Å². The maximum Gasteiger partial charge on any atom is 0.191 e. The second kappa shape index (κ2) is 5.94. The third-order valence-electron chi connectivity index (χ3n) is 3.15. The van der Waals surface area contributed by atoms with Crippen LogP contribution in [0.4, 0.5) is 0 Å². The maximum absolute atomic E-state index is 5.50. The van der Waals surface area contributed by atoms with E-state index in [1.807, 2.05) is 13.8 Å². The third-order valence-corrected chi connectivity index (χ3v) is 3.15. The molecule has 0 amide bonds. The quantitative estimate of drug-likeness (QED) is 0.622. The molecular formula is C14H23N3O. The number of nitrogens with zero attached hydrogens (tertiary/aromatic N) is 1. The van der Waals surface area contributed by atoms with E-state index in [0.717, 1.165) is 42.1 Å². The lowest BCUT2D eigenvalue weighted by Gasteiger charge is -2.10. The Labute approximate surface area is 109 Å². The van der Waals surface area contributed by atoms with Crippen LogP contribution in [0.15, 0.2) is 15.5 Å². The Morgan fingerprint density at radius 1 is 1.39 bits per heavy atom. The summed E-state index contributed by atoms with van der Waals surface area (Å²) in [5.74, 6) is 3.68. The van der Waals surface area contributed by atoms with Crippen LogP contribution < -0.4 is 10.6 Å². The van der Waals surface area contributed by atoms with E-state index in [4.69, 9.17) is 4.42 Å². The fourth-order valence-corrected chi connectivity index (χ4v) is 1.91. The summed E-state index contributed by atoms with van der Waals surface area (Å²) in [5.41, 5.74) is 1.16. The normalized spacial score (nSPS) is 15.8. The van der Waals surface area contributed by atoms with Crippen molar-refractivity contribution < 1.29 is 4.42 Å². The van der Waals surface area contributed by atoms with Gasteiger partial charge in [-0.05, 0) is 45.6 Å². The van der Waals surface area contributed by atoms with Gasteiger partial charge in [-0.3, -0.25) is 0 Å². The number of aliphatic imine (C=N–C) groups is 1. The summed E-state index contributed by atoms with van der Waals surface area (Å²) >= 11 is 0. The van der Waals surface area contributed by atoms with Gasteiger partial charge in [0.05, 0.1) is 6.54 Å². The highest BCUT2D eigenvalue weighted by Gasteiger charge is 2.21. The minimum atomic E-state index is 0.670. The van der Waals surface area contributed by atoms with Crippen molar-refractivity contribution in [3.05, 3.63) is 23.2 Å². The minimum Gasteiger partial charge on any atom is -0.466 e. The van der Waals surface area contributed by atoms with Crippen LogP contribution in [0, 0.1) is 19.8 Å². The molecule has 2 N–H and O–H groups in total. The van der Waals surface area contributed by atoms with Gasteiger partial charge >= 0.3 is 0 Å². The van der Waals surface area contributed by atoms with E-state index in [9.17, 15) is 0 Å². The van der Waals surface area contributed by atoms with Gasteiger partial charge in [0.2, 0.25) is 0 Å². The van der Waals surface area contributed by atoms with Crippen molar-refractivity contribution in [1.82, 2.24) is 10.6 Å². The van der Waals surface area contributed by atoms with Crippen LogP contribution in [0.25, 0.3) is 0 Å². The Kier molecular flexibility index (Phi) is 4.28. The Hall–Kier alpha value is -1.45. The summed E-state index contributed by atoms with van der Waals surface area (Å²) in [6, 6.07) is 2.06. The smallest absolute Gasteiger partial charge is 0.191 e. The molecule has 1 aliphatic carbocycles. The van der Waals surface area contributed by atoms with Crippen molar-refractivity contribution in [2.45, 2.75) is 40.2 Å². The van der Waals surface area contributed by atoms with Crippen molar-refractivity contribution >= 4 is 5.96 Å². The molecule has 0 unspecified atom stereocenters. The van der Waals surface area contributed by atoms with Gasteiger partial charge in [0.1, 0.15) is 11.5 Å². The molecule has 4 nitrogen and oxygen atoms in total. The summed E-state index contributed by atoms with van der Waals surface area (Å²) < 4.78 is 5.50. The molecule has 0 saturated heterocycles. The highest BCUT2D eigenvalue weighted by atomic mass is 16.3. The molecule has 18 heavy (non-hydrogen) atoms. The van der Waals surface area contributed by atoms with Crippen molar-refractivity contribution in [2.75, 3.05) is 13.1 Å². The minimum absolute atomic E-state index is 0.670. The van der Waals surface area contributed by atoms with Crippen LogP contribution >= 0.6 is 0 Å². The monoisotopic (exact) mass is 249 g/mol. The fraction of sp³-hybridized carbons (Fsp3) is 0.643. The first-order valence-electron chi connectivity index (χ1n) is 6.77. The molecule has 0 aromatic carbocycles. The van der Waals surface area contributed by atoms with Crippen LogP contribution in [0.5, 0.6) is 0 Å². The van der Waals surface area contributed by atoms with Gasteiger partial charge in [-0.1, -0.05) is 0 Å². The van der Waals surface area contributed by atoms with E-state index in [1.165, 1.54) is 12.8 Å². The van der Waals surface area contributed by atoms with Gasteiger partial charge in [0, 0.05) is 18.7 Å². The summed E-state index contributed by atoms with van der Waals surface area (Å²) in [6.07, 6.45) is 2.71. The summed E-state index contributed by atoms with van der Waals surface area (Å²) in [6.45, 7) is 8.64. The number of rotatable bonds is 5. The van der Waals surface area contributed by atoms with Crippen LogP contribution in [-0.4, -0.2) is 19.0 Å². The molecule has 1 fully saturated rings. The van der Waals surface area contributed by atoms with Crippen LogP contribution in [-0.2, 0) is 6.54 Å². The van der Waals surface area contributed by atoms with Crippen LogP contribution in [0.3, 0.4) is 0 Å². The number of hydrogen-bond donors (Lipinski definition) is 2. The molecule has 1 aromatic heterocycles. The second-order valence-corrected chi connectivity index (χ2v) is 4.96. The van der Waals surface area contributed by atoms with Gasteiger partial charge in [-0.2, -0.15) is 0 Å². The van der Waals surface area contributed by atoms with Crippen molar-refractivity contribution in [2.24, 2.45) is 10.9 Å². The largest absolute Gasteiger partial charge is 0.466 e. The summed E-state index contributed by atoms with van der Waals surface area (Å²) in [5, 5.41) is 6.66. The molecule has 1 heterocycles. The zero-order valence-electron chi connectivity index (χ0n) is 11.5. The van der Waals surface area contributed by atoms with E-state index in [-0.39, 0.29) is 0 Å². The highest BCUT2D eigenvalue weighted by molar-refractivity contribution is 5.79. The Morgan fingerprint density at radius 2 is 2.17 bits per heavy atom. The Bertz CT molecular complexity index is 419. The molecule has 1 saturated carbocycles. The number of guanidine groups is 1. The van der Waals surface area contributed by atoms with Gasteiger partial charge in [0.15, 0.2) is 5.96 Å². The predicted octanol–water partition coefficient (Wildman–Crippen LogP) is 2.36. The molecule has 0 aliphatic heterocycles. The first-order valence-corrected chi connectivity index (χ1v) is 6.77. The molecule has 0 radical (unpaired) electrons. The molecule has 1 aromatic rings. The van der Waals surface area contributed by atoms with Crippen molar-refractivity contribution in [1.29, 1.82) is 0 Å². The van der Waals surface area contributed by atoms with E-state index < -0.39 is 0 Å².